The molecule has 6 aliphatic carbocycles. The standard InChI is InChI=1S/C47H72O5/c1-8-9-10-11-20-45-29-35-17-16-34-28-47(50)31(2)46(38(52-47)27-33-14-12-32(13-15-33)19-26-51-7)21-18-36(44(35,6)39(34)46)43(45,5)25-24-41(3)22-23-42(4,40(48)49)30-37(41)45/h12-15,31,34-39,50H,8-11,16-30H2,1-7H3,(H,48,49). The van der Waals surface area contributed by atoms with Gasteiger partial charge in [0.1, 0.15) is 0 Å². The molecule has 1 aliphatic heterocycles. The van der Waals surface area contributed by atoms with Crippen molar-refractivity contribution in [1.82, 2.24) is 0 Å². The van der Waals surface area contributed by atoms with Crippen LogP contribution >= 0.6 is 0 Å². The molecule has 290 valence electrons. The molecule has 7 fully saturated rings. The maximum absolute atomic E-state index is 13.0. The van der Waals surface area contributed by atoms with Crippen LogP contribution in [0, 0.1) is 68.0 Å². The molecule has 52 heavy (non-hydrogen) atoms. The Bertz CT molecular complexity index is 1510. The van der Waals surface area contributed by atoms with Gasteiger partial charge in [0.15, 0.2) is 5.79 Å². The predicted octanol–water partition coefficient (Wildman–Crippen LogP) is 10.6. The van der Waals surface area contributed by atoms with E-state index in [-0.39, 0.29) is 39.1 Å². The highest BCUT2D eigenvalue weighted by Crippen LogP contribution is 2.84. The summed E-state index contributed by atoms with van der Waals surface area (Å²) in [6.45, 7) is 15.6. The normalized spacial score (nSPS) is 50.2. The van der Waals surface area contributed by atoms with E-state index in [1.807, 2.05) is 0 Å². The Kier molecular flexibility index (Phi) is 9.23. The van der Waals surface area contributed by atoms with E-state index in [1.54, 1.807) is 7.11 Å². The Morgan fingerprint density at radius 2 is 1.62 bits per heavy atom. The number of unbranched alkanes of at least 4 members (excludes halogenated alkanes) is 3. The Morgan fingerprint density at radius 3 is 2.33 bits per heavy atom. The molecule has 2 bridgehead atoms. The molecule has 5 nitrogen and oxygen atoms in total. The van der Waals surface area contributed by atoms with Crippen molar-refractivity contribution >= 4 is 5.97 Å². The van der Waals surface area contributed by atoms with Crippen LogP contribution < -0.4 is 0 Å². The summed E-state index contributed by atoms with van der Waals surface area (Å²) in [6, 6.07) is 9.14. The lowest BCUT2D eigenvalue weighted by molar-refractivity contribution is -0.314. The van der Waals surface area contributed by atoms with Crippen molar-refractivity contribution in [1.29, 1.82) is 0 Å². The molecule has 7 aliphatic rings. The van der Waals surface area contributed by atoms with Crippen LogP contribution in [0.1, 0.15) is 155 Å². The van der Waals surface area contributed by atoms with Crippen molar-refractivity contribution in [2.45, 2.75) is 169 Å². The van der Waals surface area contributed by atoms with Crippen LogP contribution in [-0.2, 0) is 27.1 Å². The largest absolute Gasteiger partial charge is 0.481 e. The van der Waals surface area contributed by atoms with E-state index in [2.05, 4.69) is 65.8 Å². The quantitative estimate of drug-likeness (QED) is 0.223. The Labute approximate surface area is 315 Å². The van der Waals surface area contributed by atoms with Crippen molar-refractivity contribution in [3.8, 4) is 0 Å². The molecule has 1 aromatic carbocycles. The molecule has 1 aromatic rings. The number of carboxylic acids is 1. The Hall–Kier alpha value is -1.43. The summed E-state index contributed by atoms with van der Waals surface area (Å²) in [5.41, 5.74) is 2.81. The molecule has 0 amide bonds. The number of fused-ring (bicyclic) bond motifs is 5. The van der Waals surface area contributed by atoms with Crippen LogP contribution in [0.15, 0.2) is 24.3 Å². The fourth-order valence-corrected chi connectivity index (χ4v) is 16.5. The van der Waals surface area contributed by atoms with Gasteiger partial charge in [-0.3, -0.25) is 4.79 Å². The van der Waals surface area contributed by atoms with Crippen molar-refractivity contribution in [3.63, 3.8) is 0 Å². The molecule has 14 unspecified atom stereocenters. The zero-order valence-electron chi connectivity index (χ0n) is 33.9. The second kappa shape index (κ2) is 12.8. The summed E-state index contributed by atoms with van der Waals surface area (Å²) < 4.78 is 12.4. The molecule has 1 heterocycles. The van der Waals surface area contributed by atoms with Crippen molar-refractivity contribution in [3.05, 3.63) is 35.4 Å². The van der Waals surface area contributed by atoms with Crippen LogP contribution in [0.4, 0.5) is 0 Å². The molecule has 14 atom stereocenters. The van der Waals surface area contributed by atoms with Gasteiger partial charge < -0.3 is 19.7 Å². The van der Waals surface area contributed by atoms with Crippen molar-refractivity contribution < 1.29 is 24.5 Å². The minimum atomic E-state index is -1.03. The van der Waals surface area contributed by atoms with E-state index in [1.165, 1.54) is 81.8 Å². The molecule has 8 rings (SSSR count). The summed E-state index contributed by atoms with van der Waals surface area (Å²) >= 11 is 0. The van der Waals surface area contributed by atoms with Gasteiger partial charge in [0, 0.05) is 24.9 Å². The maximum atomic E-state index is 13.0. The van der Waals surface area contributed by atoms with E-state index >= 15 is 0 Å². The lowest BCUT2D eigenvalue weighted by atomic mass is 9.25. The zero-order valence-corrected chi connectivity index (χ0v) is 33.9. The number of carboxylic acid groups (broad SMARTS) is 1. The lowest BCUT2D eigenvalue weighted by Crippen LogP contribution is -2.74. The Morgan fingerprint density at radius 1 is 0.885 bits per heavy atom. The van der Waals surface area contributed by atoms with Gasteiger partial charge in [-0.05, 0) is 153 Å². The van der Waals surface area contributed by atoms with Crippen molar-refractivity contribution in [2.75, 3.05) is 13.7 Å². The minimum Gasteiger partial charge on any atom is -0.481 e. The van der Waals surface area contributed by atoms with Gasteiger partial charge >= 0.3 is 5.97 Å². The van der Waals surface area contributed by atoms with Crippen LogP contribution in [0.2, 0.25) is 0 Å². The number of benzene rings is 1. The van der Waals surface area contributed by atoms with Crippen LogP contribution in [0.5, 0.6) is 0 Å². The topological polar surface area (TPSA) is 76.0 Å². The molecule has 1 spiro atoms. The van der Waals surface area contributed by atoms with Crippen LogP contribution in [-0.4, -0.2) is 41.8 Å². The monoisotopic (exact) mass is 717 g/mol. The van der Waals surface area contributed by atoms with Crippen LogP contribution in [0.3, 0.4) is 0 Å². The minimum absolute atomic E-state index is 0.0241. The van der Waals surface area contributed by atoms with Gasteiger partial charge in [0.25, 0.3) is 0 Å². The lowest BCUT2D eigenvalue weighted by Gasteiger charge is -2.79. The van der Waals surface area contributed by atoms with E-state index in [4.69, 9.17) is 9.47 Å². The van der Waals surface area contributed by atoms with E-state index in [0.29, 0.717) is 29.6 Å². The van der Waals surface area contributed by atoms with E-state index in [0.717, 1.165) is 51.6 Å². The fourth-order valence-electron chi connectivity index (χ4n) is 16.5. The van der Waals surface area contributed by atoms with Gasteiger partial charge in [0.05, 0.1) is 18.1 Å². The van der Waals surface area contributed by atoms with Gasteiger partial charge in [-0.1, -0.05) is 84.6 Å². The summed E-state index contributed by atoms with van der Waals surface area (Å²) in [5.74, 6) is 1.34. The molecule has 2 N–H and O–H groups in total. The fraction of sp³-hybridized carbons (Fsp3) is 0.851. The smallest absolute Gasteiger partial charge is 0.309 e. The first-order chi connectivity index (χ1) is 24.7. The number of hydrogen-bond donors (Lipinski definition) is 2. The molecule has 6 saturated carbocycles. The molecule has 0 aromatic heterocycles. The van der Waals surface area contributed by atoms with Crippen molar-refractivity contribution in [2.24, 2.45) is 68.0 Å². The highest BCUT2D eigenvalue weighted by Gasteiger charge is 2.80. The maximum Gasteiger partial charge on any atom is 0.309 e. The summed E-state index contributed by atoms with van der Waals surface area (Å²) in [7, 11) is 1.77. The second-order valence-electron chi connectivity index (χ2n) is 21.1. The highest BCUT2D eigenvalue weighted by atomic mass is 16.6. The molecule has 1 saturated heterocycles. The summed E-state index contributed by atoms with van der Waals surface area (Å²) in [4.78, 5) is 13.0. The Balaban J connectivity index is 1.20. The number of ether oxygens (including phenoxy) is 2. The highest BCUT2D eigenvalue weighted by molar-refractivity contribution is 5.74. The van der Waals surface area contributed by atoms with E-state index in [9.17, 15) is 15.0 Å². The molecular formula is C47H72O5. The molecule has 5 heteroatoms. The first kappa shape index (κ1) is 37.5. The molecule has 0 radical (unpaired) electrons. The first-order valence-corrected chi connectivity index (χ1v) is 21.9. The zero-order chi connectivity index (χ0) is 37.0. The molecular weight excluding hydrogens is 645 g/mol. The number of hydrogen-bond acceptors (Lipinski definition) is 4. The van der Waals surface area contributed by atoms with E-state index < -0.39 is 17.2 Å². The number of methoxy groups -OCH3 is 1. The van der Waals surface area contributed by atoms with Gasteiger partial charge in [-0.25, -0.2) is 0 Å². The summed E-state index contributed by atoms with van der Waals surface area (Å²) in [5, 5.41) is 23.1. The summed E-state index contributed by atoms with van der Waals surface area (Å²) in [6.07, 6.45) is 20.5. The first-order valence-electron chi connectivity index (χ1n) is 21.9. The second-order valence-corrected chi connectivity index (χ2v) is 21.1. The number of aliphatic hydroxyl groups is 1. The third-order valence-corrected chi connectivity index (χ3v) is 19.3. The number of rotatable bonds is 11. The van der Waals surface area contributed by atoms with Gasteiger partial charge in [-0.15, -0.1) is 0 Å². The van der Waals surface area contributed by atoms with Crippen LogP contribution in [0.25, 0.3) is 0 Å². The average molecular weight is 717 g/mol. The third-order valence-electron chi connectivity index (χ3n) is 19.3. The SMILES string of the molecule is CCCCCCC12CC3CCC4CC5(O)OC(Cc6ccc(CCOC)cc6)C6(CCC(C3(C)C46)C1(C)CCC1(C)CCC(C)(C(=O)O)CC12)C5C. The number of aliphatic carboxylic acids is 1. The number of carbonyl (C=O) groups is 1. The average Bonchev–Trinajstić information content (AvgIpc) is 3.22. The predicted molar refractivity (Wildman–Crippen MR) is 207 cm³/mol. The third kappa shape index (κ3) is 5.05. The van der Waals surface area contributed by atoms with Gasteiger partial charge in [-0.2, -0.15) is 0 Å². The van der Waals surface area contributed by atoms with Gasteiger partial charge in [0.2, 0.25) is 0 Å².